The number of nitrogens with zero attached hydrogens (tertiary/aromatic N) is 1. The zero-order chi connectivity index (χ0) is 22.4. The van der Waals surface area contributed by atoms with Crippen molar-refractivity contribution in [3.8, 4) is 0 Å². The van der Waals surface area contributed by atoms with E-state index in [0.717, 1.165) is 19.6 Å². The van der Waals surface area contributed by atoms with Crippen molar-refractivity contribution in [1.82, 2.24) is 15.5 Å². The number of nitrogens with one attached hydrogen (secondary N) is 2. The van der Waals surface area contributed by atoms with Crippen molar-refractivity contribution in [3.05, 3.63) is 35.4 Å². The van der Waals surface area contributed by atoms with Gasteiger partial charge in [-0.25, -0.2) is 0 Å². The van der Waals surface area contributed by atoms with E-state index in [0.29, 0.717) is 12.0 Å². The molecule has 0 saturated carbocycles. The molecule has 2 amide bonds. The average Bonchev–Trinajstić information content (AvgIpc) is 3.06. The van der Waals surface area contributed by atoms with Crippen LogP contribution in [0, 0.1) is 5.92 Å². The molecule has 1 aromatic rings. The van der Waals surface area contributed by atoms with E-state index >= 15 is 0 Å². The van der Waals surface area contributed by atoms with Gasteiger partial charge in [-0.3, -0.25) is 19.3 Å². The monoisotopic (exact) mass is 429 g/mol. The molecule has 170 valence electrons. The first-order valence-electron chi connectivity index (χ1n) is 11.4. The standard InChI is InChI=1S/C24H35N3O4/c1-16(2)13-20(24(30)26-22-17(3)31-15-21(22)28)25-23(29)19-9-7-18(8-10-19)14-27-11-5-4-6-12-27/h7-10,16-17,20,22H,4-6,11-15H2,1-3H3,(H,25,29)(H,26,30)/t17-,20?,22+/m1/s1. The Labute approximate surface area is 184 Å². The van der Waals surface area contributed by atoms with Crippen molar-refractivity contribution in [2.45, 2.75) is 71.2 Å². The highest BCUT2D eigenvalue weighted by molar-refractivity contribution is 5.99. The van der Waals surface area contributed by atoms with Crippen molar-refractivity contribution < 1.29 is 19.1 Å². The van der Waals surface area contributed by atoms with Gasteiger partial charge in [0.2, 0.25) is 5.91 Å². The smallest absolute Gasteiger partial charge is 0.251 e. The number of amides is 2. The van der Waals surface area contributed by atoms with Gasteiger partial charge in [-0.05, 0) is 62.9 Å². The largest absolute Gasteiger partial charge is 0.368 e. The van der Waals surface area contributed by atoms with Crippen LogP contribution in [0.4, 0.5) is 0 Å². The second-order valence-corrected chi connectivity index (χ2v) is 9.16. The van der Waals surface area contributed by atoms with Crippen LogP contribution in [0.2, 0.25) is 0 Å². The van der Waals surface area contributed by atoms with Crippen LogP contribution in [0.25, 0.3) is 0 Å². The van der Waals surface area contributed by atoms with Crippen LogP contribution in [0.1, 0.15) is 62.4 Å². The van der Waals surface area contributed by atoms with Crippen LogP contribution in [-0.4, -0.2) is 60.4 Å². The number of ketones is 1. The molecule has 0 bridgehead atoms. The fourth-order valence-corrected chi connectivity index (χ4v) is 4.19. The number of ether oxygens (including phenoxy) is 1. The lowest BCUT2D eigenvalue weighted by Crippen LogP contribution is -2.53. The van der Waals surface area contributed by atoms with Crippen molar-refractivity contribution in [2.24, 2.45) is 5.92 Å². The van der Waals surface area contributed by atoms with E-state index < -0.39 is 12.1 Å². The molecule has 3 atom stereocenters. The van der Waals surface area contributed by atoms with Gasteiger partial charge < -0.3 is 15.4 Å². The number of carbonyl (C=O) groups is 3. The van der Waals surface area contributed by atoms with Crippen molar-refractivity contribution >= 4 is 17.6 Å². The summed E-state index contributed by atoms with van der Waals surface area (Å²) in [7, 11) is 0. The summed E-state index contributed by atoms with van der Waals surface area (Å²) in [6.07, 6.45) is 3.93. The van der Waals surface area contributed by atoms with Gasteiger partial charge in [0, 0.05) is 12.1 Å². The number of hydrogen-bond acceptors (Lipinski definition) is 5. The molecule has 2 saturated heterocycles. The number of carbonyl (C=O) groups excluding carboxylic acids is 3. The molecule has 2 N–H and O–H groups in total. The minimum absolute atomic E-state index is 0.0110. The van der Waals surface area contributed by atoms with Crippen LogP contribution in [0.5, 0.6) is 0 Å². The predicted octanol–water partition coefficient (Wildman–Crippen LogP) is 2.29. The number of likely N-dealkylation sites (tertiary alicyclic amines) is 1. The Morgan fingerprint density at radius 2 is 1.81 bits per heavy atom. The summed E-state index contributed by atoms with van der Waals surface area (Å²) in [5.74, 6) is -0.567. The van der Waals surface area contributed by atoms with Gasteiger partial charge >= 0.3 is 0 Å². The number of piperidine rings is 1. The number of rotatable bonds is 8. The second kappa shape index (κ2) is 10.9. The van der Waals surface area contributed by atoms with Gasteiger partial charge in [0.1, 0.15) is 18.7 Å². The van der Waals surface area contributed by atoms with E-state index in [-0.39, 0.29) is 36.2 Å². The van der Waals surface area contributed by atoms with E-state index in [9.17, 15) is 14.4 Å². The first-order valence-corrected chi connectivity index (χ1v) is 11.4. The third kappa shape index (κ3) is 6.61. The van der Waals surface area contributed by atoms with E-state index in [1.807, 2.05) is 38.1 Å². The Morgan fingerprint density at radius 1 is 1.13 bits per heavy atom. The molecule has 1 aromatic carbocycles. The molecule has 0 aliphatic carbocycles. The molecule has 2 aliphatic rings. The van der Waals surface area contributed by atoms with Crippen molar-refractivity contribution in [3.63, 3.8) is 0 Å². The van der Waals surface area contributed by atoms with Crippen LogP contribution >= 0.6 is 0 Å². The molecule has 1 unspecified atom stereocenters. The Kier molecular flexibility index (Phi) is 8.21. The Balaban J connectivity index is 1.60. The van der Waals surface area contributed by atoms with Crippen LogP contribution in [0.3, 0.4) is 0 Å². The summed E-state index contributed by atoms with van der Waals surface area (Å²) in [6, 6.07) is 6.23. The molecule has 2 fully saturated rings. The molecule has 3 rings (SSSR count). The molecule has 0 spiro atoms. The Bertz CT molecular complexity index is 772. The lowest BCUT2D eigenvalue weighted by atomic mass is 10.0. The topological polar surface area (TPSA) is 87.7 Å². The van der Waals surface area contributed by atoms with Gasteiger partial charge in [-0.1, -0.05) is 32.4 Å². The summed E-state index contributed by atoms with van der Waals surface area (Å²) in [5.41, 5.74) is 1.71. The van der Waals surface area contributed by atoms with Gasteiger partial charge in [-0.2, -0.15) is 0 Å². The summed E-state index contributed by atoms with van der Waals surface area (Å²) in [5, 5.41) is 5.62. The zero-order valence-electron chi connectivity index (χ0n) is 18.9. The number of hydrogen-bond donors (Lipinski definition) is 2. The molecular formula is C24H35N3O4. The van der Waals surface area contributed by atoms with E-state index in [2.05, 4.69) is 15.5 Å². The summed E-state index contributed by atoms with van der Waals surface area (Å²) >= 11 is 0. The van der Waals surface area contributed by atoms with Crippen molar-refractivity contribution in [1.29, 1.82) is 0 Å². The number of Topliss-reactive ketones (excluding diaryl/α,β-unsaturated/α-hetero) is 1. The zero-order valence-corrected chi connectivity index (χ0v) is 18.9. The van der Waals surface area contributed by atoms with Gasteiger partial charge in [-0.15, -0.1) is 0 Å². The lowest BCUT2D eigenvalue weighted by molar-refractivity contribution is -0.127. The Morgan fingerprint density at radius 3 is 2.39 bits per heavy atom. The highest BCUT2D eigenvalue weighted by Gasteiger charge is 2.35. The molecule has 2 heterocycles. The minimum Gasteiger partial charge on any atom is -0.368 e. The fraction of sp³-hybridized carbons (Fsp3) is 0.625. The van der Waals surface area contributed by atoms with Gasteiger partial charge in [0.15, 0.2) is 5.78 Å². The van der Waals surface area contributed by atoms with Gasteiger partial charge in [0.25, 0.3) is 5.91 Å². The maximum absolute atomic E-state index is 12.8. The normalized spacial score (nSPS) is 23.0. The van der Waals surface area contributed by atoms with Crippen LogP contribution in [0.15, 0.2) is 24.3 Å². The molecule has 7 nitrogen and oxygen atoms in total. The first-order chi connectivity index (χ1) is 14.8. The summed E-state index contributed by atoms with van der Waals surface area (Å²) in [6.45, 7) is 8.91. The highest BCUT2D eigenvalue weighted by Crippen LogP contribution is 2.15. The molecule has 0 aromatic heterocycles. The lowest BCUT2D eigenvalue weighted by Gasteiger charge is -2.26. The predicted molar refractivity (Wildman–Crippen MR) is 119 cm³/mol. The summed E-state index contributed by atoms with van der Waals surface area (Å²) < 4.78 is 5.30. The Hall–Kier alpha value is -2.25. The molecular weight excluding hydrogens is 394 g/mol. The summed E-state index contributed by atoms with van der Waals surface area (Å²) in [4.78, 5) is 40.0. The molecule has 2 aliphatic heterocycles. The highest BCUT2D eigenvalue weighted by atomic mass is 16.5. The fourth-order valence-electron chi connectivity index (χ4n) is 4.19. The van der Waals surface area contributed by atoms with E-state index in [1.54, 1.807) is 6.92 Å². The van der Waals surface area contributed by atoms with Crippen LogP contribution < -0.4 is 10.6 Å². The van der Waals surface area contributed by atoms with Crippen LogP contribution in [-0.2, 0) is 20.9 Å². The third-order valence-electron chi connectivity index (χ3n) is 6.00. The van der Waals surface area contributed by atoms with E-state index in [1.165, 1.54) is 24.8 Å². The van der Waals surface area contributed by atoms with E-state index in [4.69, 9.17) is 4.74 Å². The van der Waals surface area contributed by atoms with Crippen molar-refractivity contribution in [2.75, 3.05) is 19.7 Å². The maximum Gasteiger partial charge on any atom is 0.251 e. The van der Waals surface area contributed by atoms with Gasteiger partial charge in [0.05, 0.1) is 6.10 Å². The average molecular weight is 430 g/mol. The third-order valence-corrected chi connectivity index (χ3v) is 6.00. The molecule has 0 radical (unpaired) electrons. The number of benzene rings is 1. The molecule has 31 heavy (non-hydrogen) atoms. The SMILES string of the molecule is CC(C)CC(NC(=O)c1ccc(CN2CCCCC2)cc1)C(=O)N[C@@H]1C(=O)CO[C@@H]1C. The minimum atomic E-state index is -0.707. The quantitative estimate of drug-likeness (QED) is 0.662. The second-order valence-electron chi connectivity index (χ2n) is 9.16. The molecule has 7 heteroatoms. The first kappa shape index (κ1) is 23.4. The maximum atomic E-state index is 12.8.